The molecule has 0 fully saturated rings. The second-order valence-corrected chi connectivity index (χ2v) is 6.86. The fraction of sp³-hybridized carbons (Fsp3) is 0.471. The van der Waals surface area contributed by atoms with Crippen LogP contribution in [0.2, 0.25) is 0 Å². The fourth-order valence-electron chi connectivity index (χ4n) is 2.98. The van der Waals surface area contributed by atoms with Gasteiger partial charge in [-0.25, -0.2) is 0 Å². The van der Waals surface area contributed by atoms with Crippen molar-refractivity contribution in [2.45, 2.75) is 31.8 Å². The highest BCUT2D eigenvalue weighted by molar-refractivity contribution is 5.83. The number of anilines is 1. The molecular weight excluding hydrogens is 394 g/mol. The third-order valence-electron chi connectivity index (χ3n) is 4.36. The molecular formula is C17H27N9O4. The van der Waals surface area contributed by atoms with Gasteiger partial charge in [0.2, 0.25) is 11.9 Å². The Morgan fingerprint density at radius 2 is 2.07 bits per heavy atom. The summed E-state index contributed by atoms with van der Waals surface area (Å²) in [4.78, 5) is 47.3. The van der Waals surface area contributed by atoms with Crippen LogP contribution < -0.4 is 28.5 Å². The van der Waals surface area contributed by atoms with E-state index >= 15 is 0 Å². The second-order valence-electron chi connectivity index (χ2n) is 6.86. The fourth-order valence-corrected chi connectivity index (χ4v) is 2.98. The van der Waals surface area contributed by atoms with Crippen molar-refractivity contribution in [3.8, 4) is 0 Å². The molecule has 1 amide bonds. The number of carboxylic acid groups (broad SMARTS) is 1. The number of amides is 1. The Hall–Kier alpha value is -3.61. The van der Waals surface area contributed by atoms with E-state index in [-0.39, 0.29) is 36.0 Å². The SMILES string of the molecule is NC(N)=NCCCC[C@H](N)CN(CC(=O)O)C(=O)Cn1ccc2c(=O)[nH]c(N)nc21. The molecule has 30 heavy (non-hydrogen) atoms. The molecule has 0 aromatic carbocycles. The summed E-state index contributed by atoms with van der Waals surface area (Å²) in [5.41, 5.74) is 22.0. The Morgan fingerprint density at radius 1 is 1.33 bits per heavy atom. The molecule has 0 aliphatic carbocycles. The monoisotopic (exact) mass is 421 g/mol. The van der Waals surface area contributed by atoms with Crippen LogP contribution in [0.1, 0.15) is 19.3 Å². The van der Waals surface area contributed by atoms with E-state index in [0.717, 1.165) is 12.8 Å². The minimum Gasteiger partial charge on any atom is -0.480 e. The number of carbonyl (C=O) groups excluding carboxylic acids is 1. The van der Waals surface area contributed by atoms with Crippen molar-refractivity contribution in [2.75, 3.05) is 25.4 Å². The molecule has 2 aromatic heterocycles. The zero-order valence-corrected chi connectivity index (χ0v) is 16.5. The summed E-state index contributed by atoms with van der Waals surface area (Å²) in [7, 11) is 0. The van der Waals surface area contributed by atoms with E-state index in [2.05, 4.69) is 15.0 Å². The number of aromatic amines is 1. The summed E-state index contributed by atoms with van der Waals surface area (Å²) >= 11 is 0. The molecule has 0 unspecified atom stereocenters. The lowest BCUT2D eigenvalue weighted by atomic mass is 10.1. The lowest BCUT2D eigenvalue weighted by Gasteiger charge is -2.24. The maximum Gasteiger partial charge on any atom is 0.323 e. The molecule has 0 spiro atoms. The average molecular weight is 421 g/mol. The molecule has 0 bridgehead atoms. The van der Waals surface area contributed by atoms with Gasteiger partial charge in [0, 0.05) is 25.3 Å². The van der Waals surface area contributed by atoms with Gasteiger partial charge in [0.1, 0.15) is 18.7 Å². The van der Waals surface area contributed by atoms with E-state index in [0.29, 0.717) is 13.0 Å². The number of fused-ring (bicyclic) bond motifs is 1. The number of unbranched alkanes of at least 4 members (excludes halogenated alkanes) is 1. The summed E-state index contributed by atoms with van der Waals surface area (Å²) in [6.45, 7) is -0.147. The van der Waals surface area contributed by atoms with Crippen molar-refractivity contribution < 1.29 is 14.7 Å². The predicted molar refractivity (Wildman–Crippen MR) is 111 cm³/mol. The van der Waals surface area contributed by atoms with E-state index in [4.69, 9.17) is 28.0 Å². The molecule has 10 N–H and O–H groups in total. The molecule has 0 saturated heterocycles. The first-order valence-corrected chi connectivity index (χ1v) is 9.32. The molecule has 2 rings (SSSR count). The van der Waals surface area contributed by atoms with Crippen LogP contribution in [0, 0.1) is 0 Å². The third kappa shape index (κ3) is 6.48. The number of nitrogens with two attached hydrogens (primary N) is 4. The molecule has 0 saturated carbocycles. The van der Waals surface area contributed by atoms with Gasteiger partial charge in [-0.1, -0.05) is 6.42 Å². The van der Waals surface area contributed by atoms with Gasteiger partial charge in [-0.15, -0.1) is 0 Å². The summed E-state index contributed by atoms with van der Waals surface area (Å²) in [6.07, 6.45) is 3.53. The number of aliphatic carboxylic acids is 1. The predicted octanol–water partition coefficient (Wildman–Crippen LogP) is -2.01. The summed E-state index contributed by atoms with van der Waals surface area (Å²) in [6, 6.07) is 1.10. The Balaban J connectivity index is 2.02. The second kappa shape index (κ2) is 10.2. The van der Waals surface area contributed by atoms with Crippen molar-refractivity contribution in [1.82, 2.24) is 19.4 Å². The number of carboxylic acids is 1. The number of rotatable bonds is 11. The lowest BCUT2D eigenvalue weighted by Crippen LogP contribution is -2.45. The molecule has 1 atom stereocenters. The Morgan fingerprint density at radius 3 is 2.73 bits per heavy atom. The Bertz CT molecular complexity index is 977. The number of H-pyrrole nitrogens is 1. The highest BCUT2D eigenvalue weighted by atomic mass is 16.4. The van der Waals surface area contributed by atoms with E-state index in [9.17, 15) is 14.4 Å². The smallest absolute Gasteiger partial charge is 0.323 e. The number of nitrogen functional groups attached to an aromatic ring is 1. The van der Waals surface area contributed by atoms with Gasteiger partial charge in [0.05, 0.1) is 5.39 Å². The number of aromatic nitrogens is 3. The topological polar surface area (TPSA) is 225 Å². The van der Waals surface area contributed by atoms with Gasteiger partial charge in [-0.3, -0.25) is 24.4 Å². The minimum absolute atomic E-state index is 0.0216. The van der Waals surface area contributed by atoms with Crippen LogP contribution >= 0.6 is 0 Å². The van der Waals surface area contributed by atoms with Crippen molar-refractivity contribution in [3.63, 3.8) is 0 Å². The normalized spacial score (nSPS) is 11.9. The first-order chi connectivity index (χ1) is 14.2. The van der Waals surface area contributed by atoms with Crippen LogP contribution in [-0.2, 0) is 16.1 Å². The number of nitrogens with one attached hydrogen (secondary N) is 1. The molecule has 0 aliphatic heterocycles. The number of guanidine groups is 1. The highest BCUT2D eigenvalue weighted by Crippen LogP contribution is 2.11. The summed E-state index contributed by atoms with van der Waals surface area (Å²) in [5, 5.41) is 9.44. The van der Waals surface area contributed by atoms with E-state index in [1.54, 1.807) is 0 Å². The van der Waals surface area contributed by atoms with E-state index in [1.165, 1.54) is 21.7 Å². The van der Waals surface area contributed by atoms with Crippen molar-refractivity contribution in [3.05, 3.63) is 22.6 Å². The molecule has 164 valence electrons. The number of aliphatic imine (C=N–C) groups is 1. The van der Waals surface area contributed by atoms with Gasteiger partial charge in [0.25, 0.3) is 5.56 Å². The molecule has 2 heterocycles. The highest BCUT2D eigenvalue weighted by Gasteiger charge is 2.21. The van der Waals surface area contributed by atoms with Crippen LogP contribution in [-0.4, -0.2) is 68.1 Å². The minimum atomic E-state index is -1.15. The molecule has 2 aromatic rings. The van der Waals surface area contributed by atoms with Gasteiger partial charge >= 0.3 is 5.97 Å². The number of hydrogen-bond donors (Lipinski definition) is 6. The van der Waals surface area contributed by atoms with Gasteiger partial charge in [0.15, 0.2) is 5.96 Å². The molecule has 13 heteroatoms. The zero-order valence-electron chi connectivity index (χ0n) is 16.5. The van der Waals surface area contributed by atoms with Crippen LogP contribution in [0.25, 0.3) is 11.0 Å². The Labute approximate surface area is 171 Å². The van der Waals surface area contributed by atoms with E-state index in [1.807, 2.05) is 0 Å². The van der Waals surface area contributed by atoms with Gasteiger partial charge < -0.3 is 37.5 Å². The van der Waals surface area contributed by atoms with Crippen LogP contribution in [0.5, 0.6) is 0 Å². The molecule has 13 nitrogen and oxygen atoms in total. The number of nitrogens with zero attached hydrogens (tertiary/aromatic N) is 4. The van der Waals surface area contributed by atoms with Crippen LogP contribution in [0.15, 0.2) is 22.1 Å². The molecule has 0 radical (unpaired) electrons. The van der Waals surface area contributed by atoms with Crippen molar-refractivity contribution >= 4 is 34.8 Å². The Kier molecular flexibility index (Phi) is 7.75. The lowest BCUT2D eigenvalue weighted by molar-refractivity contribution is -0.144. The zero-order chi connectivity index (χ0) is 22.3. The van der Waals surface area contributed by atoms with Crippen LogP contribution in [0.3, 0.4) is 0 Å². The standard InChI is InChI=1S/C17H27N9O4/c18-10(3-1-2-5-22-16(19)20)7-26(9-13(28)29)12(27)8-25-6-4-11-14(25)23-17(21)24-15(11)30/h4,6,10H,1-3,5,7-9,18H2,(H,28,29)(H4,19,20,22)(H3,21,23,24,30)/t10-/m0/s1. The first kappa shape index (κ1) is 22.7. The quantitative estimate of drug-likeness (QED) is 0.134. The third-order valence-corrected chi connectivity index (χ3v) is 4.36. The summed E-state index contributed by atoms with van der Waals surface area (Å²) < 4.78 is 1.44. The molecule has 0 aliphatic rings. The van der Waals surface area contributed by atoms with Gasteiger partial charge in [-0.05, 0) is 18.9 Å². The average Bonchev–Trinajstić information content (AvgIpc) is 3.03. The van der Waals surface area contributed by atoms with Crippen molar-refractivity contribution in [1.29, 1.82) is 0 Å². The largest absolute Gasteiger partial charge is 0.480 e. The maximum absolute atomic E-state index is 12.7. The van der Waals surface area contributed by atoms with Gasteiger partial charge in [-0.2, -0.15) is 4.98 Å². The summed E-state index contributed by atoms with van der Waals surface area (Å²) in [5.74, 6) is -1.68. The van der Waals surface area contributed by atoms with Crippen molar-refractivity contribution in [2.24, 2.45) is 22.2 Å². The number of hydrogen-bond acceptors (Lipinski definition) is 7. The van der Waals surface area contributed by atoms with Crippen LogP contribution in [0.4, 0.5) is 5.95 Å². The number of carbonyl (C=O) groups is 2. The first-order valence-electron chi connectivity index (χ1n) is 9.32. The maximum atomic E-state index is 12.7. The van der Waals surface area contributed by atoms with E-state index < -0.39 is 30.0 Å².